The predicted octanol–water partition coefficient (Wildman–Crippen LogP) is -4.58. The molecule has 0 radical (unpaired) electrons. The molecule has 26 heavy (non-hydrogen) atoms. The number of amides is 1. The molecule has 8 N–H and O–H groups in total. The summed E-state index contributed by atoms with van der Waals surface area (Å²) < 4.78 is 11.0. The van der Waals surface area contributed by atoms with Crippen molar-refractivity contribution in [3.63, 3.8) is 0 Å². The molecule has 2 aliphatic rings. The molecular weight excluding hydrogens is 376 g/mol. The highest BCUT2D eigenvalue weighted by Crippen LogP contribution is 2.26. The van der Waals surface area contributed by atoms with Crippen molar-refractivity contribution in [1.29, 1.82) is 0 Å². The Bertz CT molecular complexity index is 458. The van der Waals surface area contributed by atoms with Gasteiger partial charge >= 0.3 is 0 Å². The van der Waals surface area contributed by atoms with E-state index in [2.05, 4.69) is 10.6 Å². The van der Waals surface area contributed by atoms with E-state index >= 15 is 0 Å². The van der Waals surface area contributed by atoms with Crippen LogP contribution in [0, 0.1) is 0 Å². The summed E-state index contributed by atoms with van der Waals surface area (Å²) in [5.41, 5.74) is 0. The van der Waals surface area contributed by atoms with Gasteiger partial charge in [0, 0.05) is 13.5 Å². The van der Waals surface area contributed by atoms with Crippen LogP contribution in [0.2, 0.25) is 0 Å². The van der Waals surface area contributed by atoms with Gasteiger partial charge in [0.1, 0.15) is 36.6 Å². The molecular formula is C14H27ClN2O9. The van der Waals surface area contributed by atoms with Crippen LogP contribution in [0.5, 0.6) is 0 Å². The largest absolute Gasteiger partial charge is 0.395 e. The van der Waals surface area contributed by atoms with Crippen molar-refractivity contribution in [1.82, 2.24) is 10.6 Å². The third-order valence-corrected chi connectivity index (χ3v) is 4.46. The third-order valence-electron chi connectivity index (χ3n) is 4.46. The zero-order valence-corrected chi connectivity index (χ0v) is 15.0. The van der Waals surface area contributed by atoms with Gasteiger partial charge in [0.15, 0.2) is 6.29 Å². The molecule has 1 amide bonds. The summed E-state index contributed by atoms with van der Waals surface area (Å²) in [7, 11) is 0. The highest BCUT2D eigenvalue weighted by atomic mass is 35.5. The molecule has 0 aromatic carbocycles. The molecule has 2 heterocycles. The highest BCUT2D eigenvalue weighted by molar-refractivity contribution is 5.85. The number of β-amino-alcohol motifs (C(OH)–C–C–N with tert-alkyl or cyclic N) is 1. The standard InChI is InChI=1S/C14H26N2O9.ClH/c1-5(19)16-9-12(23)11(22)8(4-18)24-14(9)25-13-6(3-17)15-2-7(20)10(13)21;/h6-15,17-18,20-23H,2-4H2,1H3,(H,16,19);1H/t6-,7+,8-,9+,10-,11+,12-,13-,14+;/m1./s1. The van der Waals surface area contributed by atoms with E-state index in [4.69, 9.17) is 9.47 Å². The number of aliphatic hydroxyl groups excluding tert-OH is 6. The number of hydrogen-bond donors (Lipinski definition) is 8. The van der Waals surface area contributed by atoms with E-state index in [9.17, 15) is 35.4 Å². The summed E-state index contributed by atoms with van der Waals surface area (Å²) in [6, 6.07) is -1.91. The van der Waals surface area contributed by atoms with E-state index in [1.54, 1.807) is 0 Å². The summed E-state index contributed by atoms with van der Waals surface area (Å²) >= 11 is 0. The first-order chi connectivity index (χ1) is 11.8. The zero-order chi connectivity index (χ0) is 18.7. The van der Waals surface area contributed by atoms with Gasteiger partial charge in [-0.3, -0.25) is 4.79 Å². The smallest absolute Gasteiger partial charge is 0.217 e. The molecule has 0 saturated carbocycles. The van der Waals surface area contributed by atoms with E-state index in [0.717, 1.165) is 0 Å². The molecule has 2 fully saturated rings. The minimum absolute atomic E-state index is 0. The molecule has 0 bridgehead atoms. The molecule has 12 heteroatoms. The van der Waals surface area contributed by atoms with Crippen molar-refractivity contribution < 1.29 is 44.9 Å². The summed E-state index contributed by atoms with van der Waals surface area (Å²) in [5.74, 6) is -0.517. The average Bonchev–Trinajstić information content (AvgIpc) is 2.58. The number of aliphatic hydroxyl groups is 6. The molecule has 2 aliphatic heterocycles. The number of piperidine rings is 1. The van der Waals surface area contributed by atoms with Crippen LogP contribution in [0.3, 0.4) is 0 Å². The highest BCUT2D eigenvalue weighted by Gasteiger charge is 2.48. The summed E-state index contributed by atoms with van der Waals surface area (Å²) in [6.45, 7) is 0.238. The third kappa shape index (κ3) is 5.01. The Kier molecular flexibility index (Phi) is 9.09. The second kappa shape index (κ2) is 10.1. The number of carbonyl (C=O) groups is 1. The van der Waals surface area contributed by atoms with Crippen LogP contribution in [0.1, 0.15) is 6.92 Å². The molecule has 0 spiro atoms. The monoisotopic (exact) mass is 402 g/mol. The van der Waals surface area contributed by atoms with Crippen LogP contribution in [-0.4, -0.2) is 111 Å². The van der Waals surface area contributed by atoms with Gasteiger partial charge < -0.3 is 50.7 Å². The number of ether oxygens (including phenoxy) is 2. The van der Waals surface area contributed by atoms with Gasteiger partial charge in [0.05, 0.1) is 25.4 Å². The van der Waals surface area contributed by atoms with Crippen molar-refractivity contribution in [2.45, 2.75) is 61.9 Å². The predicted molar refractivity (Wildman–Crippen MR) is 88.4 cm³/mol. The van der Waals surface area contributed by atoms with E-state index in [0.29, 0.717) is 0 Å². The first-order valence-corrected chi connectivity index (χ1v) is 8.05. The van der Waals surface area contributed by atoms with Crippen LogP contribution in [0.25, 0.3) is 0 Å². The van der Waals surface area contributed by atoms with Crippen molar-refractivity contribution >= 4 is 18.3 Å². The minimum atomic E-state index is -1.49. The number of halogens is 1. The topological polar surface area (TPSA) is 181 Å². The Balaban J connectivity index is 0.00000338. The summed E-state index contributed by atoms with van der Waals surface area (Å²) in [6.07, 6.45) is -9.08. The van der Waals surface area contributed by atoms with Crippen molar-refractivity contribution in [2.24, 2.45) is 0 Å². The molecule has 0 aromatic rings. The number of hydrogen-bond acceptors (Lipinski definition) is 10. The number of carbonyl (C=O) groups excluding carboxylic acids is 1. The van der Waals surface area contributed by atoms with Gasteiger partial charge in [-0.2, -0.15) is 0 Å². The van der Waals surface area contributed by atoms with Crippen LogP contribution in [0.4, 0.5) is 0 Å². The Hall–Kier alpha value is -0.600. The Morgan fingerprint density at radius 3 is 2.35 bits per heavy atom. The lowest BCUT2D eigenvalue weighted by atomic mass is 9.94. The number of rotatable bonds is 5. The van der Waals surface area contributed by atoms with Gasteiger partial charge in [-0.15, -0.1) is 12.4 Å². The number of nitrogens with one attached hydrogen (secondary N) is 2. The molecule has 0 unspecified atom stereocenters. The maximum atomic E-state index is 11.4. The van der Waals surface area contributed by atoms with Crippen molar-refractivity contribution in [3.8, 4) is 0 Å². The Morgan fingerprint density at radius 2 is 1.81 bits per heavy atom. The fourth-order valence-corrected chi connectivity index (χ4v) is 3.05. The molecule has 11 nitrogen and oxygen atoms in total. The minimum Gasteiger partial charge on any atom is -0.395 e. The first-order valence-electron chi connectivity index (χ1n) is 8.05. The van der Waals surface area contributed by atoms with Gasteiger partial charge in [0.2, 0.25) is 5.91 Å². The van der Waals surface area contributed by atoms with Gasteiger partial charge in [-0.05, 0) is 0 Å². The fourth-order valence-electron chi connectivity index (χ4n) is 3.05. The first kappa shape index (κ1) is 23.4. The summed E-state index contributed by atoms with van der Waals surface area (Å²) in [5, 5.41) is 64.0. The van der Waals surface area contributed by atoms with Crippen LogP contribution < -0.4 is 10.6 Å². The lowest BCUT2D eigenvalue weighted by molar-refractivity contribution is -0.298. The second-order valence-electron chi connectivity index (χ2n) is 6.29. The van der Waals surface area contributed by atoms with Gasteiger partial charge in [-0.1, -0.05) is 0 Å². The molecule has 9 atom stereocenters. The van der Waals surface area contributed by atoms with Crippen LogP contribution in [-0.2, 0) is 14.3 Å². The summed E-state index contributed by atoms with van der Waals surface area (Å²) in [4.78, 5) is 11.4. The molecule has 0 aromatic heterocycles. The normalized spacial score (nSPS) is 43.4. The lowest BCUT2D eigenvalue weighted by Crippen LogP contribution is -2.68. The fraction of sp³-hybridized carbons (Fsp3) is 0.929. The zero-order valence-electron chi connectivity index (χ0n) is 14.1. The molecule has 2 rings (SSSR count). The van der Waals surface area contributed by atoms with Gasteiger partial charge in [0.25, 0.3) is 0 Å². The molecule has 2 saturated heterocycles. The van der Waals surface area contributed by atoms with E-state index in [-0.39, 0.29) is 19.0 Å². The van der Waals surface area contributed by atoms with E-state index in [1.165, 1.54) is 6.92 Å². The van der Waals surface area contributed by atoms with E-state index in [1.807, 2.05) is 0 Å². The Morgan fingerprint density at radius 1 is 1.15 bits per heavy atom. The van der Waals surface area contributed by atoms with Crippen LogP contribution in [0.15, 0.2) is 0 Å². The molecule has 0 aliphatic carbocycles. The second-order valence-corrected chi connectivity index (χ2v) is 6.29. The Labute approximate surface area is 156 Å². The van der Waals surface area contributed by atoms with Gasteiger partial charge in [-0.25, -0.2) is 0 Å². The lowest BCUT2D eigenvalue weighted by Gasteiger charge is -2.46. The van der Waals surface area contributed by atoms with Crippen molar-refractivity contribution in [2.75, 3.05) is 19.8 Å². The molecule has 154 valence electrons. The SMILES string of the molecule is CC(=O)N[C@@H]1[C@H](O[C@H]2[C@H](O)[C@@H](O)CN[C@@H]2CO)O[C@H](CO)[C@H](O)[C@@H]1O.Cl. The van der Waals surface area contributed by atoms with E-state index < -0.39 is 74.1 Å². The average molecular weight is 403 g/mol. The maximum absolute atomic E-state index is 11.4. The van der Waals surface area contributed by atoms with Crippen LogP contribution >= 0.6 is 12.4 Å². The van der Waals surface area contributed by atoms with Crippen molar-refractivity contribution in [3.05, 3.63) is 0 Å². The quantitative estimate of drug-likeness (QED) is 0.223. The maximum Gasteiger partial charge on any atom is 0.217 e.